The number of carbonyl (C=O) groups excluding carboxylic acids is 1. The van der Waals surface area contributed by atoms with Crippen molar-refractivity contribution in [2.45, 2.75) is 25.4 Å². The van der Waals surface area contributed by atoms with Crippen molar-refractivity contribution < 1.29 is 9.53 Å². The Morgan fingerprint density at radius 2 is 2.32 bits per heavy atom. The van der Waals surface area contributed by atoms with Gasteiger partial charge in [-0.2, -0.15) is 0 Å². The number of methoxy groups -OCH3 is 1. The summed E-state index contributed by atoms with van der Waals surface area (Å²) in [5.41, 5.74) is 1.17. The SMILES string of the molecule is COc1ccc(Br)c(CNC2CCC(=O)N(C)C2)c1. The van der Waals surface area contributed by atoms with Gasteiger partial charge in [0.2, 0.25) is 5.91 Å². The first kappa shape index (κ1) is 14.3. The molecular weight excluding hydrogens is 308 g/mol. The molecule has 19 heavy (non-hydrogen) atoms. The number of ether oxygens (including phenoxy) is 1. The fourth-order valence-corrected chi connectivity index (χ4v) is 2.63. The molecule has 1 saturated heterocycles. The third kappa shape index (κ3) is 3.70. The van der Waals surface area contributed by atoms with E-state index in [-0.39, 0.29) is 5.91 Å². The Hall–Kier alpha value is -1.07. The number of rotatable bonds is 4. The minimum Gasteiger partial charge on any atom is -0.497 e. The molecule has 104 valence electrons. The summed E-state index contributed by atoms with van der Waals surface area (Å²) in [6, 6.07) is 6.31. The van der Waals surface area contributed by atoms with E-state index < -0.39 is 0 Å². The number of likely N-dealkylation sites (tertiary alicyclic amines) is 1. The van der Waals surface area contributed by atoms with Crippen LogP contribution in [0.1, 0.15) is 18.4 Å². The molecule has 1 N–H and O–H groups in total. The highest BCUT2D eigenvalue weighted by Gasteiger charge is 2.22. The topological polar surface area (TPSA) is 41.6 Å². The average molecular weight is 327 g/mol. The lowest BCUT2D eigenvalue weighted by Gasteiger charge is -2.30. The average Bonchev–Trinajstić information content (AvgIpc) is 2.41. The van der Waals surface area contributed by atoms with Gasteiger partial charge in [-0.3, -0.25) is 4.79 Å². The predicted molar refractivity (Wildman–Crippen MR) is 78.2 cm³/mol. The molecule has 1 unspecified atom stereocenters. The summed E-state index contributed by atoms with van der Waals surface area (Å²) in [4.78, 5) is 13.2. The monoisotopic (exact) mass is 326 g/mol. The van der Waals surface area contributed by atoms with E-state index in [1.807, 2.05) is 25.2 Å². The summed E-state index contributed by atoms with van der Waals surface area (Å²) < 4.78 is 6.30. The Balaban J connectivity index is 1.93. The van der Waals surface area contributed by atoms with E-state index >= 15 is 0 Å². The van der Waals surface area contributed by atoms with Crippen LogP contribution in [-0.2, 0) is 11.3 Å². The Kier molecular flexibility index (Phi) is 4.82. The number of nitrogens with zero attached hydrogens (tertiary/aromatic N) is 1. The van der Waals surface area contributed by atoms with E-state index in [1.165, 1.54) is 5.56 Å². The van der Waals surface area contributed by atoms with Gasteiger partial charge in [0.15, 0.2) is 0 Å². The summed E-state index contributed by atoms with van der Waals surface area (Å²) in [6.07, 6.45) is 1.54. The Morgan fingerprint density at radius 1 is 1.53 bits per heavy atom. The van der Waals surface area contributed by atoms with E-state index in [9.17, 15) is 4.79 Å². The van der Waals surface area contributed by atoms with E-state index in [0.29, 0.717) is 12.5 Å². The highest BCUT2D eigenvalue weighted by molar-refractivity contribution is 9.10. The fraction of sp³-hybridized carbons (Fsp3) is 0.500. The predicted octanol–water partition coefficient (Wildman–Crippen LogP) is 2.17. The zero-order valence-corrected chi connectivity index (χ0v) is 12.9. The standard InChI is InChI=1S/C14H19BrN2O2/c1-17-9-11(3-6-14(17)18)16-8-10-7-12(19-2)4-5-13(10)15/h4-5,7,11,16H,3,6,8-9H2,1-2H3. The van der Waals surface area contributed by atoms with Gasteiger partial charge in [-0.25, -0.2) is 0 Å². The maximum absolute atomic E-state index is 11.4. The van der Waals surface area contributed by atoms with Gasteiger partial charge in [0.25, 0.3) is 0 Å². The highest BCUT2D eigenvalue weighted by atomic mass is 79.9. The highest BCUT2D eigenvalue weighted by Crippen LogP contribution is 2.22. The number of hydrogen-bond donors (Lipinski definition) is 1. The van der Waals surface area contributed by atoms with Crippen molar-refractivity contribution in [3.8, 4) is 5.75 Å². The first-order chi connectivity index (χ1) is 9.10. The molecule has 1 fully saturated rings. The normalized spacial score (nSPS) is 19.6. The number of hydrogen-bond acceptors (Lipinski definition) is 3. The second kappa shape index (κ2) is 6.39. The van der Waals surface area contributed by atoms with E-state index in [4.69, 9.17) is 4.74 Å². The number of likely N-dealkylation sites (N-methyl/N-ethyl adjacent to an activating group) is 1. The first-order valence-corrected chi connectivity index (χ1v) is 7.19. The third-order valence-electron chi connectivity index (χ3n) is 3.46. The van der Waals surface area contributed by atoms with Gasteiger partial charge >= 0.3 is 0 Å². The molecule has 0 bridgehead atoms. The molecule has 0 radical (unpaired) electrons. The van der Waals surface area contributed by atoms with Crippen LogP contribution in [0.5, 0.6) is 5.75 Å². The lowest BCUT2D eigenvalue weighted by Crippen LogP contribution is -2.46. The van der Waals surface area contributed by atoms with Crippen LogP contribution < -0.4 is 10.1 Å². The molecule has 4 nitrogen and oxygen atoms in total. The molecule has 1 heterocycles. The number of halogens is 1. The van der Waals surface area contributed by atoms with E-state index in [0.717, 1.165) is 29.7 Å². The van der Waals surface area contributed by atoms with Gasteiger partial charge in [0, 0.05) is 37.1 Å². The molecule has 5 heteroatoms. The fourth-order valence-electron chi connectivity index (χ4n) is 2.25. The lowest BCUT2D eigenvalue weighted by atomic mass is 10.1. The van der Waals surface area contributed by atoms with Crippen molar-refractivity contribution in [2.24, 2.45) is 0 Å². The van der Waals surface area contributed by atoms with Gasteiger partial charge < -0.3 is 15.0 Å². The number of benzene rings is 1. The Labute approximate surface area is 122 Å². The van der Waals surface area contributed by atoms with Crippen molar-refractivity contribution in [1.82, 2.24) is 10.2 Å². The lowest BCUT2D eigenvalue weighted by molar-refractivity contribution is -0.132. The van der Waals surface area contributed by atoms with Crippen LogP contribution >= 0.6 is 15.9 Å². The third-order valence-corrected chi connectivity index (χ3v) is 4.23. The van der Waals surface area contributed by atoms with Crippen LogP contribution in [0.3, 0.4) is 0 Å². The molecule has 0 saturated carbocycles. The summed E-state index contributed by atoms with van der Waals surface area (Å²) >= 11 is 3.55. The minimum atomic E-state index is 0.237. The minimum absolute atomic E-state index is 0.237. The van der Waals surface area contributed by atoms with Crippen LogP contribution in [0.2, 0.25) is 0 Å². The van der Waals surface area contributed by atoms with Gasteiger partial charge in [-0.15, -0.1) is 0 Å². The molecule has 1 amide bonds. The van der Waals surface area contributed by atoms with Crippen LogP contribution in [0.4, 0.5) is 0 Å². The number of carbonyl (C=O) groups is 1. The van der Waals surface area contributed by atoms with Crippen molar-refractivity contribution in [3.05, 3.63) is 28.2 Å². The van der Waals surface area contributed by atoms with Crippen molar-refractivity contribution in [3.63, 3.8) is 0 Å². The maximum Gasteiger partial charge on any atom is 0.222 e. The van der Waals surface area contributed by atoms with Crippen molar-refractivity contribution in [1.29, 1.82) is 0 Å². The number of piperidine rings is 1. The second-order valence-corrected chi connectivity index (χ2v) is 5.70. The molecule has 0 aliphatic carbocycles. The van der Waals surface area contributed by atoms with Crippen LogP contribution in [0, 0.1) is 0 Å². The zero-order chi connectivity index (χ0) is 13.8. The van der Waals surface area contributed by atoms with E-state index in [1.54, 1.807) is 12.0 Å². The second-order valence-electron chi connectivity index (χ2n) is 4.85. The van der Waals surface area contributed by atoms with Gasteiger partial charge in [0.1, 0.15) is 5.75 Å². The molecule has 1 atom stereocenters. The summed E-state index contributed by atoms with van der Waals surface area (Å²) in [5, 5.41) is 3.50. The molecule has 0 spiro atoms. The number of amides is 1. The number of nitrogens with one attached hydrogen (secondary N) is 1. The largest absolute Gasteiger partial charge is 0.497 e. The van der Waals surface area contributed by atoms with Crippen molar-refractivity contribution in [2.75, 3.05) is 20.7 Å². The Bertz CT molecular complexity index is 465. The summed E-state index contributed by atoms with van der Waals surface area (Å²) in [6.45, 7) is 1.55. The van der Waals surface area contributed by atoms with E-state index in [2.05, 4.69) is 21.2 Å². The summed E-state index contributed by atoms with van der Waals surface area (Å²) in [7, 11) is 3.53. The smallest absolute Gasteiger partial charge is 0.222 e. The van der Waals surface area contributed by atoms with Gasteiger partial charge in [0.05, 0.1) is 7.11 Å². The van der Waals surface area contributed by atoms with Gasteiger partial charge in [-0.05, 0) is 30.2 Å². The molecule has 1 aromatic rings. The molecule has 0 aromatic heterocycles. The molecule has 1 aliphatic rings. The Morgan fingerprint density at radius 3 is 3.00 bits per heavy atom. The van der Waals surface area contributed by atoms with Crippen molar-refractivity contribution >= 4 is 21.8 Å². The van der Waals surface area contributed by atoms with Crippen LogP contribution in [0.25, 0.3) is 0 Å². The maximum atomic E-state index is 11.4. The zero-order valence-electron chi connectivity index (χ0n) is 11.3. The molecule has 2 rings (SSSR count). The quantitative estimate of drug-likeness (QED) is 0.922. The van der Waals surface area contributed by atoms with Crippen LogP contribution in [0.15, 0.2) is 22.7 Å². The summed E-state index contributed by atoms with van der Waals surface area (Å²) in [5.74, 6) is 1.09. The molecule has 1 aromatic carbocycles. The van der Waals surface area contributed by atoms with Crippen LogP contribution in [-0.4, -0.2) is 37.6 Å². The molecular formula is C14H19BrN2O2. The first-order valence-electron chi connectivity index (χ1n) is 6.40. The molecule has 1 aliphatic heterocycles. The van der Waals surface area contributed by atoms with Gasteiger partial charge in [-0.1, -0.05) is 15.9 Å².